The second-order valence-electron chi connectivity index (χ2n) is 8.57. The summed E-state index contributed by atoms with van der Waals surface area (Å²) < 4.78 is 0. The number of hydrogen-bond acceptors (Lipinski definition) is 6. The smallest absolute Gasteiger partial charge is 0.252 e. The Labute approximate surface area is 199 Å². The van der Waals surface area contributed by atoms with E-state index in [1.54, 1.807) is 18.2 Å². The summed E-state index contributed by atoms with van der Waals surface area (Å²) in [7, 11) is 2.10. The van der Waals surface area contributed by atoms with E-state index in [0.29, 0.717) is 29.2 Å². The fourth-order valence-electron chi connectivity index (χ4n) is 3.93. The monoisotopic (exact) mass is 458 g/mol. The lowest BCUT2D eigenvalue weighted by Gasteiger charge is -2.29. The van der Waals surface area contributed by atoms with Crippen molar-refractivity contribution in [3.05, 3.63) is 83.6 Å². The summed E-state index contributed by atoms with van der Waals surface area (Å²) in [6.45, 7) is 2.54. The van der Waals surface area contributed by atoms with Crippen LogP contribution in [0, 0.1) is 0 Å². The number of carbonyl (C=O) groups is 2. The average Bonchev–Trinajstić information content (AvgIpc) is 2.85. The van der Waals surface area contributed by atoms with Gasteiger partial charge in [0.15, 0.2) is 0 Å². The summed E-state index contributed by atoms with van der Waals surface area (Å²) in [5.74, 6) is -0.0453. The minimum atomic E-state index is -0.547. The largest absolute Gasteiger partial charge is 0.380 e. The van der Waals surface area contributed by atoms with Crippen LogP contribution < -0.4 is 21.7 Å². The fraction of sp³-hybridized carbons (Fsp3) is 0.269. The van der Waals surface area contributed by atoms with Gasteiger partial charge in [0.2, 0.25) is 0 Å². The maximum absolute atomic E-state index is 12.6. The Morgan fingerprint density at radius 1 is 1.06 bits per heavy atom. The molecular formula is C26H30N6O2. The second kappa shape index (κ2) is 10.8. The van der Waals surface area contributed by atoms with Gasteiger partial charge < -0.3 is 26.6 Å². The Balaban J connectivity index is 1.40. The lowest BCUT2D eigenvalue weighted by Crippen LogP contribution is -2.43. The maximum atomic E-state index is 12.6. The van der Waals surface area contributed by atoms with Gasteiger partial charge in [-0.2, -0.15) is 0 Å². The van der Waals surface area contributed by atoms with Crippen molar-refractivity contribution in [2.75, 3.05) is 30.8 Å². The van der Waals surface area contributed by atoms with Crippen LogP contribution in [0.4, 0.5) is 17.2 Å². The van der Waals surface area contributed by atoms with Crippen LogP contribution in [0.15, 0.2) is 66.9 Å². The van der Waals surface area contributed by atoms with Crippen LogP contribution in [0.3, 0.4) is 0 Å². The molecule has 0 bridgehead atoms. The fourth-order valence-corrected chi connectivity index (χ4v) is 3.93. The van der Waals surface area contributed by atoms with Gasteiger partial charge in [0.1, 0.15) is 5.82 Å². The molecule has 2 amide bonds. The van der Waals surface area contributed by atoms with Gasteiger partial charge in [0, 0.05) is 36.1 Å². The Kier molecular flexibility index (Phi) is 7.39. The summed E-state index contributed by atoms with van der Waals surface area (Å²) >= 11 is 0. The third-order valence-electron chi connectivity index (χ3n) is 5.97. The number of aromatic nitrogens is 1. The zero-order chi connectivity index (χ0) is 23.9. The molecule has 0 aliphatic carbocycles. The number of piperidine rings is 1. The summed E-state index contributed by atoms with van der Waals surface area (Å²) in [6, 6.07) is 19.1. The number of nitrogens with one attached hydrogen (secondary N) is 3. The highest BCUT2D eigenvalue weighted by atomic mass is 16.2. The van der Waals surface area contributed by atoms with E-state index in [1.165, 1.54) is 6.20 Å². The molecule has 0 atom stereocenters. The zero-order valence-corrected chi connectivity index (χ0v) is 19.3. The van der Waals surface area contributed by atoms with E-state index >= 15 is 0 Å². The molecule has 176 valence electrons. The first-order chi connectivity index (χ1) is 16.5. The highest BCUT2D eigenvalue weighted by Crippen LogP contribution is 2.23. The normalized spacial score (nSPS) is 14.4. The number of hydrogen-bond donors (Lipinski definition) is 4. The first-order valence-corrected chi connectivity index (χ1v) is 11.4. The number of amides is 2. The van der Waals surface area contributed by atoms with E-state index in [1.807, 2.05) is 42.5 Å². The average molecular weight is 459 g/mol. The Morgan fingerprint density at radius 3 is 2.44 bits per heavy atom. The molecule has 1 saturated heterocycles. The summed E-state index contributed by atoms with van der Waals surface area (Å²) in [5, 5.41) is 9.61. The third-order valence-corrected chi connectivity index (χ3v) is 5.97. The number of rotatable bonds is 8. The second-order valence-corrected chi connectivity index (χ2v) is 8.57. The van der Waals surface area contributed by atoms with Crippen molar-refractivity contribution in [3.63, 3.8) is 0 Å². The molecule has 4 rings (SSSR count). The molecule has 8 nitrogen and oxygen atoms in total. The summed E-state index contributed by atoms with van der Waals surface area (Å²) in [4.78, 5) is 31.0. The van der Waals surface area contributed by atoms with Crippen LogP contribution in [0.2, 0.25) is 0 Å². The van der Waals surface area contributed by atoms with Crippen molar-refractivity contribution in [2.24, 2.45) is 5.73 Å². The van der Waals surface area contributed by atoms with Crippen LogP contribution in [0.25, 0.3) is 0 Å². The number of carbonyl (C=O) groups excluding carboxylic acids is 2. The maximum Gasteiger partial charge on any atom is 0.252 e. The number of anilines is 3. The molecule has 34 heavy (non-hydrogen) atoms. The Bertz CT molecular complexity index is 1130. The van der Waals surface area contributed by atoms with E-state index in [-0.39, 0.29) is 11.9 Å². The van der Waals surface area contributed by atoms with Gasteiger partial charge in [0.05, 0.1) is 11.3 Å². The van der Waals surface area contributed by atoms with Gasteiger partial charge in [-0.1, -0.05) is 30.3 Å². The highest BCUT2D eigenvalue weighted by Gasteiger charge is 2.19. The number of nitrogens with zero attached hydrogens (tertiary/aromatic N) is 2. The lowest BCUT2D eigenvalue weighted by atomic mass is 10.0. The molecule has 0 radical (unpaired) electrons. The van der Waals surface area contributed by atoms with Crippen LogP contribution in [-0.4, -0.2) is 47.9 Å². The van der Waals surface area contributed by atoms with Crippen LogP contribution >= 0.6 is 0 Å². The molecule has 1 aromatic heterocycles. The van der Waals surface area contributed by atoms with Gasteiger partial charge in [-0.05, 0) is 62.8 Å². The van der Waals surface area contributed by atoms with Crippen LogP contribution in [-0.2, 0) is 6.54 Å². The lowest BCUT2D eigenvalue weighted by molar-refractivity contribution is 0.0916. The van der Waals surface area contributed by atoms with Gasteiger partial charge in [-0.3, -0.25) is 9.59 Å². The molecule has 2 heterocycles. The van der Waals surface area contributed by atoms with E-state index in [0.717, 1.165) is 37.2 Å². The molecule has 0 spiro atoms. The molecule has 1 fully saturated rings. The predicted molar refractivity (Wildman–Crippen MR) is 134 cm³/mol. The topological polar surface area (TPSA) is 112 Å². The molecule has 5 N–H and O–H groups in total. The zero-order valence-electron chi connectivity index (χ0n) is 19.3. The van der Waals surface area contributed by atoms with Gasteiger partial charge in [-0.15, -0.1) is 0 Å². The van der Waals surface area contributed by atoms with Crippen LogP contribution in [0.5, 0.6) is 0 Å². The van der Waals surface area contributed by atoms with Gasteiger partial charge >= 0.3 is 0 Å². The van der Waals surface area contributed by atoms with E-state index in [2.05, 4.69) is 32.9 Å². The van der Waals surface area contributed by atoms with Crippen LogP contribution in [0.1, 0.15) is 39.1 Å². The van der Waals surface area contributed by atoms with E-state index in [9.17, 15) is 9.59 Å². The number of pyridine rings is 1. The third kappa shape index (κ3) is 6.11. The molecule has 0 unspecified atom stereocenters. The quantitative estimate of drug-likeness (QED) is 0.412. The minimum absolute atomic E-state index is 0.0579. The number of primary amides is 1. The molecule has 8 heteroatoms. The molecule has 1 aliphatic heterocycles. The van der Waals surface area contributed by atoms with E-state index < -0.39 is 5.91 Å². The van der Waals surface area contributed by atoms with Crippen molar-refractivity contribution >= 4 is 29.0 Å². The summed E-state index contributed by atoms with van der Waals surface area (Å²) in [6.07, 6.45) is 3.40. The van der Waals surface area contributed by atoms with Crippen molar-refractivity contribution in [2.45, 2.75) is 25.4 Å². The standard InChI is InChI=1S/C26H30N6O2/c1-32-13-11-21(12-14-32)31-26(34)19-7-9-20(10-8-19)30-24-15-23(22(17-29-24)25(27)33)28-16-18-5-3-2-4-6-18/h2-10,15,17,21H,11-14,16H2,1H3,(H2,27,33)(H,31,34)(H2,28,29,30). The molecular weight excluding hydrogens is 428 g/mol. The summed E-state index contributed by atoms with van der Waals surface area (Å²) in [5.41, 5.74) is 8.93. The minimum Gasteiger partial charge on any atom is -0.380 e. The van der Waals surface area contributed by atoms with Crippen molar-refractivity contribution in [1.29, 1.82) is 0 Å². The van der Waals surface area contributed by atoms with Gasteiger partial charge in [-0.25, -0.2) is 4.98 Å². The van der Waals surface area contributed by atoms with Gasteiger partial charge in [0.25, 0.3) is 11.8 Å². The van der Waals surface area contributed by atoms with Crippen molar-refractivity contribution < 1.29 is 9.59 Å². The Hall–Kier alpha value is -3.91. The SMILES string of the molecule is CN1CCC(NC(=O)c2ccc(Nc3cc(NCc4ccccc4)c(C(N)=O)cn3)cc2)CC1. The molecule has 3 aromatic rings. The molecule has 2 aromatic carbocycles. The van der Waals surface area contributed by atoms with Crippen molar-refractivity contribution in [3.8, 4) is 0 Å². The number of nitrogens with two attached hydrogens (primary N) is 1. The molecule has 0 saturated carbocycles. The first kappa shape index (κ1) is 23.3. The highest BCUT2D eigenvalue weighted by molar-refractivity contribution is 5.98. The molecule has 1 aliphatic rings. The predicted octanol–water partition coefficient (Wildman–Crippen LogP) is 3.36. The first-order valence-electron chi connectivity index (χ1n) is 11.4. The van der Waals surface area contributed by atoms with E-state index in [4.69, 9.17) is 5.73 Å². The van der Waals surface area contributed by atoms with Crippen molar-refractivity contribution in [1.82, 2.24) is 15.2 Å². The number of likely N-dealkylation sites (tertiary alicyclic amines) is 1. The Morgan fingerprint density at radius 2 is 1.76 bits per heavy atom. The number of benzene rings is 2.